The monoisotopic (exact) mass is 199 g/mol. The van der Waals surface area contributed by atoms with Gasteiger partial charge in [-0.2, -0.15) is 0 Å². The van der Waals surface area contributed by atoms with E-state index in [9.17, 15) is 0 Å². The number of fused-ring (bicyclic) bond motifs is 2. The van der Waals surface area contributed by atoms with E-state index in [1.54, 1.807) is 6.20 Å². The van der Waals surface area contributed by atoms with Crippen molar-refractivity contribution in [3.8, 4) is 0 Å². The van der Waals surface area contributed by atoms with Crippen LogP contribution in [-0.4, -0.2) is 16.0 Å². The van der Waals surface area contributed by atoms with Crippen molar-refractivity contribution in [2.24, 2.45) is 0 Å². The average Bonchev–Trinajstić information content (AvgIpc) is 2.26. The standard InChI is InChI=1S/C12H13N3/c1-8-2-3-9-6-10-7-13-5-4-11(10)15-12(9)14-8/h4-8H,2-3H2,1H3,(H,14,15). The Bertz CT molecular complexity index is 507. The van der Waals surface area contributed by atoms with Crippen molar-refractivity contribution in [3.05, 3.63) is 30.1 Å². The number of anilines is 1. The number of rotatable bonds is 0. The summed E-state index contributed by atoms with van der Waals surface area (Å²) in [5.41, 5.74) is 2.33. The highest BCUT2D eigenvalue weighted by Crippen LogP contribution is 2.25. The lowest BCUT2D eigenvalue weighted by atomic mass is 10.0. The lowest BCUT2D eigenvalue weighted by Crippen LogP contribution is -2.22. The zero-order valence-electron chi connectivity index (χ0n) is 8.70. The van der Waals surface area contributed by atoms with Gasteiger partial charge < -0.3 is 5.32 Å². The van der Waals surface area contributed by atoms with Crippen LogP contribution in [0.3, 0.4) is 0 Å². The number of pyridine rings is 2. The minimum atomic E-state index is 0.532. The molecule has 2 aromatic rings. The third-order valence-electron chi connectivity index (χ3n) is 2.92. The van der Waals surface area contributed by atoms with E-state index in [0.717, 1.165) is 23.1 Å². The molecule has 0 saturated carbocycles. The Labute approximate surface area is 88.6 Å². The molecule has 3 rings (SSSR count). The molecule has 2 aromatic heterocycles. The summed E-state index contributed by atoms with van der Waals surface area (Å²) >= 11 is 0. The molecule has 3 nitrogen and oxygen atoms in total. The van der Waals surface area contributed by atoms with Gasteiger partial charge in [-0.25, -0.2) is 4.98 Å². The van der Waals surface area contributed by atoms with Crippen LogP contribution in [0.1, 0.15) is 18.9 Å². The lowest BCUT2D eigenvalue weighted by molar-refractivity contribution is 0.675. The Morgan fingerprint density at radius 1 is 1.47 bits per heavy atom. The molecule has 76 valence electrons. The van der Waals surface area contributed by atoms with Crippen LogP contribution in [0.15, 0.2) is 24.5 Å². The predicted octanol–water partition coefficient (Wildman–Crippen LogP) is 2.38. The maximum atomic E-state index is 4.62. The van der Waals surface area contributed by atoms with Crippen molar-refractivity contribution in [3.63, 3.8) is 0 Å². The van der Waals surface area contributed by atoms with Gasteiger partial charge in [0.05, 0.1) is 5.52 Å². The average molecular weight is 199 g/mol. The summed E-state index contributed by atoms with van der Waals surface area (Å²) in [4.78, 5) is 8.73. The molecule has 3 heteroatoms. The number of nitrogens with one attached hydrogen (secondary N) is 1. The van der Waals surface area contributed by atoms with E-state index in [1.165, 1.54) is 12.0 Å². The number of nitrogens with zero attached hydrogens (tertiary/aromatic N) is 2. The summed E-state index contributed by atoms with van der Waals surface area (Å²) in [7, 11) is 0. The van der Waals surface area contributed by atoms with Crippen molar-refractivity contribution in [1.82, 2.24) is 9.97 Å². The van der Waals surface area contributed by atoms with E-state index in [-0.39, 0.29) is 0 Å². The van der Waals surface area contributed by atoms with Crippen LogP contribution in [0, 0.1) is 0 Å². The van der Waals surface area contributed by atoms with Crippen LogP contribution in [-0.2, 0) is 6.42 Å². The highest BCUT2D eigenvalue weighted by molar-refractivity contribution is 5.80. The molecule has 0 bridgehead atoms. The third-order valence-corrected chi connectivity index (χ3v) is 2.92. The summed E-state index contributed by atoms with van der Waals surface area (Å²) < 4.78 is 0. The Morgan fingerprint density at radius 2 is 2.40 bits per heavy atom. The smallest absolute Gasteiger partial charge is 0.130 e. The number of aromatic nitrogens is 2. The molecule has 0 saturated heterocycles. The molecule has 0 spiro atoms. The van der Waals surface area contributed by atoms with Crippen molar-refractivity contribution in [2.75, 3.05) is 5.32 Å². The van der Waals surface area contributed by atoms with Gasteiger partial charge in [0.1, 0.15) is 5.82 Å². The Kier molecular flexibility index (Phi) is 1.84. The molecule has 15 heavy (non-hydrogen) atoms. The first-order valence-corrected chi connectivity index (χ1v) is 5.33. The molecule has 0 aromatic carbocycles. The van der Waals surface area contributed by atoms with Gasteiger partial charge in [-0.05, 0) is 37.5 Å². The van der Waals surface area contributed by atoms with Gasteiger partial charge in [-0.1, -0.05) is 0 Å². The molecule has 1 aliphatic heterocycles. The van der Waals surface area contributed by atoms with Gasteiger partial charge in [0.25, 0.3) is 0 Å². The van der Waals surface area contributed by atoms with Gasteiger partial charge in [-0.3, -0.25) is 4.98 Å². The van der Waals surface area contributed by atoms with Crippen molar-refractivity contribution >= 4 is 16.7 Å². The van der Waals surface area contributed by atoms with E-state index < -0.39 is 0 Å². The first kappa shape index (κ1) is 8.65. The lowest BCUT2D eigenvalue weighted by Gasteiger charge is -2.23. The van der Waals surface area contributed by atoms with E-state index in [2.05, 4.69) is 28.3 Å². The second kappa shape index (κ2) is 3.19. The Hall–Kier alpha value is -1.64. The molecule has 1 aliphatic rings. The summed E-state index contributed by atoms with van der Waals surface area (Å²) in [5.74, 6) is 1.05. The van der Waals surface area contributed by atoms with Gasteiger partial charge in [0.15, 0.2) is 0 Å². The van der Waals surface area contributed by atoms with Crippen LogP contribution >= 0.6 is 0 Å². The topological polar surface area (TPSA) is 37.8 Å². The summed E-state index contributed by atoms with van der Waals surface area (Å²) in [6.45, 7) is 2.20. The van der Waals surface area contributed by atoms with E-state index >= 15 is 0 Å². The third kappa shape index (κ3) is 1.44. The van der Waals surface area contributed by atoms with E-state index in [4.69, 9.17) is 0 Å². The first-order chi connectivity index (χ1) is 7.33. The van der Waals surface area contributed by atoms with E-state index in [1.807, 2.05) is 12.3 Å². The second-order valence-electron chi connectivity index (χ2n) is 4.15. The molecular weight excluding hydrogens is 186 g/mol. The van der Waals surface area contributed by atoms with Gasteiger partial charge >= 0.3 is 0 Å². The quantitative estimate of drug-likeness (QED) is 0.707. The molecule has 1 N–H and O–H groups in total. The fourth-order valence-corrected chi connectivity index (χ4v) is 2.05. The fourth-order valence-electron chi connectivity index (χ4n) is 2.05. The minimum Gasteiger partial charge on any atom is -0.367 e. The SMILES string of the molecule is CC1CCc2cc3cnccc3nc2N1. The second-order valence-corrected chi connectivity index (χ2v) is 4.15. The molecule has 0 amide bonds. The van der Waals surface area contributed by atoms with Crippen LogP contribution in [0.25, 0.3) is 10.9 Å². The summed E-state index contributed by atoms with van der Waals surface area (Å²) in [6.07, 6.45) is 5.95. The molecule has 0 aliphatic carbocycles. The highest BCUT2D eigenvalue weighted by Gasteiger charge is 2.15. The Morgan fingerprint density at radius 3 is 3.33 bits per heavy atom. The van der Waals surface area contributed by atoms with Crippen LogP contribution in [0.5, 0.6) is 0 Å². The van der Waals surface area contributed by atoms with Gasteiger partial charge in [0, 0.05) is 23.8 Å². The molecular formula is C12H13N3. The van der Waals surface area contributed by atoms with E-state index in [0.29, 0.717) is 6.04 Å². The molecule has 1 atom stereocenters. The zero-order chi connectivity index (χ0) is 10.3. The predicted molar refractivity (Wildman–Crippen MR) is 60.9 cm³/mol. The van der Waals surface area contributed by atoms with Gasteiger partial charge in [0.2, 0.25) is 0 Å². The summed E-state index contributed by atoms with van der Waals surface area (Å²) in [5, 5.41) is 4.55. The molecule has 0 fully saturated rings. The van der Waals surface area contributed by atoms with Crippen LogP contribution in [0.2, 0.25) is 0 Å². The number of hydrogen-bond donors (Lipinski definition) is 1. The highest BCUT2D eigenvalue weighted by atomic mass is 15.0. The number of aryl methyl sites for hydroxylation is 1. The largest absolute Gasteiger partial charge is 0.367 e. The number of hydrogen-bond acceptors (Lipinski definition) is 3. The summed E-state index contributed by atoms with van der Waals surface area (Å²) in [6, 6.07) is 4.68. The van der Waals surface area contributed by atoms with Crippen LogP contribution < -0.4 is 5.32 Å². The minimum absolute atomic E-state index is 0.532. The van der Waals surface area contributed by atoms with Crippen molar-refractivity contribution in [2.45, 2.75) is 25.8 Å². The fraction of sp³-hybridized carbons (Fsp3) is 0.333. The molecule has 1 unspecified atom stereocenters. The van der Waals surface area contributed by atoms with Crippen molar-refractivity contribution in [1.29, 1.82) is 0 Å². The normalized spacial score (nSPS) is 19.7. The van der Waals surface area contributed by atoms with Crippen molar-refractivity contribution < 1.29 is 0 Å². The zero-order valence-corrected chi connectivity index (χ0v) is 8.70. The molecule has 3 heterocycles. The Balaban J connectivity index is 2.20. The maximum absolute atomic E-state index is 4.62. The van der Waals surface area contributed by atoms with Gasteiger partial charge in [-0.15, -0.1) is 0 Å². The maximum Gasteiger partial charge on any atom is 0.130 e. The first-order valence-electron chi connectivity index (χ1n) is 5.33. The van der Waals surface area contributed by atoms with Crippen LogP contribution in [0.4, 0.5) is 5.82 Å². The molecule has 0 radical (unpaired) electrons.